The third-order valence-corrected chi connectivity index (χ3v) is 4.31. The number of benzene rings is 1. The average Bonchev–Trinajstić information content (AvgIpc) is 2.39. The minimum atomic E-state index is -0.539. The summed E-state index contributed by atoms with van der Waals surface area (Å²) in [7, 11) is 0. The van der Waals surface area contributed by atoms with Crippen LogP contribution in [0.15, 0.2) is 22.7 Å². The molecule has 1 fully saturated rings. The third-order valence-electron chi connectivity index (χ3n) is 3.65. The maximum absolute atomic E-state index is 13.7. The predicted octanol–water partition coefficient (Wildman–Crippen LogP) is 2.87. The molecule has 1 amide bonds. The van der Waals surface area contributed by atoms with Gasteiger partial charge in [-0.2, -0.15) is 0 Å². The molecule has 1 aliphatic carbocycles. The van der Waals surface area contributed by atoms with Crippen LogP contribution in [0.3, 0.4) is 0 Å². The number of rotatable bonds is 3. The highest BCUT2D eigenvalue weighted by atomic mass is 79.9. The van der Waals surface area contributed by atoms with Crippen LogP contribution >= 0.6 is 15.9 Å². The summed E-state index contributed by atoms with van der Waals surface area (Å²) in [6.07, 6.45) is 3.84. The second kappa shape index (κ2) is 6.48. The van der Waals surface area contributed by atoms with Gasteiger partial charge in [0.05, 0.1) is 5.56 Å². The molecule has 3 nitrogen and oxygen atoms in total. The number of aliphatic hydroxyl groups excluding tert-OH is 1. The Morgan fingerprint density at radius 3 is 2.84 bits per heavy atom. The first-order valence-electron chi connectivity index (χ1n) is 6.49. The van der Waals surface area contributed by atoms with Crippen molar-refractivity contribution in [3.05, 3.63) is 34.1 Å². The molecule has 19 heavy (non-hydrogen) atoms. The van der Waals surface area contributed by atoms with Crippen LogP contribution in [-0.2, 0) is 0 Å². The highest BCUT2D eigenvalue weighted by Crippen LogP contribution is 2.25. The minimum Gasteiger partial charge on any atom is -0.396 e. The summed E-state index contributed by atoms with van der Waals surface area (Å²) >= 11 is 3.19. The highest BCUT2D eigenvalue weighted by Gasteiger charge is 2.27. The molecule has 1 aromatic carbocycles. The van der Waals surface area contributed by atoms with Crippen molar-refractivity contribution < 1.29 is 14.3 Å². The third kappa shape index (κ3) is 3.34. The number of nitrogens with one attached hydrogen (secondary N) is 1. The number of hydrogen-bond acceptors (Lipinski definition) is 2. The Hall–Kier alpha value is -0.940. The molecule has 2 N–H and O–H groups in total. The number of amides is 1. The summed E-state index contributed by atoms with van der Waals surface area (Å²) in [6.45, 7) is 0.0589. The lowest BCUT2D eigenvalue weighted by Gasteiger charge is -2.31. The number of hydrogen-bond donors (Lipinski definition) is 2. The molecule has 5 heteroatoms. The fourth-order valence-corrected chi connectivity index (χ4v) is 3.09. The minimum absolute atomic E-state index is 0.0322. The van der Waals surface area contributed by atoms with E-state index in [1.165, 1.54) is 6.07 Å². The van der Waals surface area contributed by atoms with Crippen molar-refractivity contribution in [1.82, 2.24) is 5.32 Å². The SMILES string of the molecule is O=C(NC1CCCCC1CO)c1c(F)cccc1Br. The van der Waals surface area contributed by atoms with E-state index in [0.29, 0.717) is 4.47 Å². The zero-order valence-corrected chi connectivity index (χ0v) is 12.1. The molecule has 0 bridgehead atoms. The van der Waals surface area contributed by atoms with Crippen LogP contribution in [-0.4, -0.2) is 23.7 Å². The quantitative estimate of drug-likeness (QED) is 0.895. The molecular formula is C14H17BrFNO2. The lowest BCUT2D eigenvalue weighted by atomic mass is 9.85. The highest BCUT2D eigenvalue weighted by molar-refractivity contribution is 9.10. The van der Waals surface area contributed by atoms with Crippen LogP contribution in [0.25, 0.3) is 0 Å². The van der Waals surface area contributed by atoms with Crippen molar-refractivity contribution in [3.8, 4) is 0 Å². The van der Waals surface area contributed by atoms with Crippen LogP contribution in [0.1, 0.15) is 36.0 Å². The Morgan fingerprint density at radius 1 is 1.42 bits per heavy atom. The van der Waals surface area contributed by atoms with Gasteiger partial charge in [-0.1, -0.05) is 18.9 Å². The van der Waals surface area contributed by atoms with Gasteiger partial charge in [0, 0.05) is 23.0 Å². The number of aliphatic hydroxyl groups is 1. The van der Waals surface area contributed by atoms with Gasteiger partial charge in [-0.25, -0.2) is 4.39 Å². The van der Waals surface area contributed by atoms with E-state index in [2.05, 4.69) is 21.2 Å². The van der Waals surface area contributed by atoms with E-state index in [1.54, 1.807) is 12.1 Å². The lowest BCUT2D eigenvalue weighted by molar-refractivity contribution is 0.0868. The molecule has 0 radical (unpaired) electrons. The first-order chi connectivity index (χ1) is 9.13. The van der Waals surface area contributed by atoms with Gasteiger partial charge in [0.15, 0.2) is 0 Å². The normalized spacial score (nSPS) is 23.1. The molecule has 1 saturated carbocycles. The summed E-state index contributed by atoms with van der Waals surface area (Å²) in [6, 6.07) is 4.39. The van der Waals surface area contributed by atoms with E-state index in [0.717, 1.165) is 25.7 Å². The van der Waals surface area contributed by atoms with Crippen LogP contribution < -0.4 is 5.32 Å². The van der Waals surface area contributed by atoms with Gasteiger partial charge < -0.3 is 10.4 Å². The number of halogens is 2. The summed E-state index contributed by atoms with van der Waals surface area (Å²) in [5.41, 5.74) is 0.0322. The predicted molar refractivity (Wildman–Crippen MR) is 74.4 cm³/mol. The first kappa shape index (κ1) is 14.5. The van der Waals surface area contributed by atoms with Crippen molar-refractivity contribution in [2.75, 3.05) is 6.61 Å². The van der Waals surface area contributed by atoms with Gasteiger partial charge in [-0.3, -0.25) is 4.79 Å². The van der Waals surface area contributed by atoms with E-state index in [4.69, 9.17) is 0 Å². The number of carbonyl (C=O) groups is 1. The summed E-state index contributed by atoms with van der Waals surface area (Å²) in [5, 5.41) is 12.2. The van der Waals surface area contributed by atoms with Crippen molar-refractivity contribution >= 4 is 21.8 Å². The molecule has 0 aromatic heterocycles. The summed E-state index contributed by atoms with van der Waals surface area (Å²) < 4.78 is 14.1. The Bertz CT molecular complexity index is 447. The van der Waals surface area contributed by atoms with Gasteiger partial charge in [-0.15, -0.1) is 0 Å². The van der Waals surface area contributed by atoms with Gasteiger partial charge in [-0.05, 0) is 40.9 Å². The molecular weight excluding hydrogens is 313 g/mol. The van der Waals surface area contributed by atoms with E-state index < -0.39 is 11.7 Å². The van der Waals surface area contributed by atoms with E-state index in [-0.39, 0.29) is 24.1 Å². The second-order valence-corrected chi connectivity index (χ2v) is 5.76. The van der Waals surface area contributed by atoms with Gasteiger partial charge in [0.2, 0.25) is 0 Å². The van der Waals surface area contributed by atoms with Crippen LogP contribution in [0.5, 0.6) is 0 Å². The molecule has 2 rings (SSSR count). The van der Waals surface area contributed by atoms with E-state index in [1.807, 2.05) is 0 Å². The topological polar surface area (TPSA) is 49.3 Å². The average molecular weight is 330 g/mol. The molecule has 104 valence electrons. The summed E-state index contributed by atoms with van der Waals surface area (Å²) in [4.78, 5) is 12.2. The first-order valence-corrected chi connectivity index (χ1v) is 7.28. The Labute approximate surface area is 120 Å². The van der Waals surface area contributed by atoms with Crippen LogP contribution in [0.4, 0.5) is 4.39 Å². The largest absolute Gasteiger partial charge is 0.396 e. The molecule has 0 heterocycles. The molecule has 2 atom stereocenters. The van der Waals surface area contributed by atoms with Crippen molar-refractivity contribution in [2.45, 2.75) is 31.7 Å². The van der Waals surface area contributed by atoms with Gasteiger partial charge in [0.1, 0.15) is 5.82 Å². The maximum Gasteiger partial charge on any atom is 0.255 e. The molecule has 2 unspecified atom stereocenters. The van der Waals surface area contributed by atoms with Gasteiger partial charge >= 0.3 is 0 Å². The molecule has 0 spiro atoms. The van der Waals surface area contributed by atoms with E-state index >= 15 is 0 Å². The van der Waals surface area contributed by atoms with E-state index in [9.17, 15) is 14.3 Å². The fourth-order valence-electron chi connectivity index (χ4n) is 2.57. The number of carbonyl (C=O) groups excluding carboxylic acids is 1. The van der Waals surface area contributed by atoms with Crippen LogP contribution in [0, 0.1) is 11.7 Å². The smallest absolute Gasteiger partial charge is 0.255 e. The summed E-state index contributed by atoms with van der Waals surface area (Å²) in [5.74, 6) is -0.887. The Balaban J connectivity index is 2.12. The lowest BCUT2D eigenvalue weighted by Crippen LogP contribution is -2.43. The van der Waals surface area contributed by atoms with Crippen LogP contribution in [0.2, 0.25) is 0 Å². The fraction of sp³-hybridized carbons (Fsp3) is 0.500. The zero-order chi connectivity index (χ0) is 13.8. The van der Waals surface area contributed by atoms with Gasteiger partial charge in [0.25, 0.3) is 5.91 Å². The van der Waals surface area contributed by atoms with Crippen molar-refractivity contribution in [2.24, 2.45) is 5.92 Å². The van der Waals surface area contributed by atoms with Crippen molar-refractivity contribution in [3.63, 3.8) is 0 Å². The molecule has 1 aliphatic rings. The second-order valence-electron chi connectivity index (χ2n) is 4.90. The Kier molecular flexibility index (Phi) is 4.93. The zero-order valence-electron chi connectivity index (χ0n) is 10.5. The Morgan fingerprint density at radius 2 is 2.16 bits per heavy atom. The molecule has 1 aromatic rings. The maximum atomic E-state index is 13.7. The monoisotopic (exact) mass is 329 g/mol. The standard InChI is InChI=1S/C14H17BrFNO2/c15-10-5-3-6-11(16)13(10)14(19)17-12-7-2-1-4-9(12)8-18/h3,5-6,9,12,18H,1-2,4,7-8H2,(H,17,19). The van der Waals surface area contributed by atoms with Crippen molar-refractivity contribution in [1.29, 1.82) is 0 Å². The molecule has 0 saturated heterocycles. The molecule has 0 aliphatic heterocycles.